The lowest BCUT2D eigenvalue weighted by Gasteiger charge is -2.41. The fourth-order valence-corrected chi connectivity index (χ4v) is 3.98. The number of fused-ring (bicyclic) bond motifs is 1. The molecule has 0 spiro atoms. The molecule has 1 aliphatic rings. The molecule has 4 rings (SSSR count). The number of nitrogens with one attached hydrogen (secondary N) is 2. The van der Waals surface area contributed by atoms with Crippen LogP contribution in [-0.4, -0.2) is 16.1 Å². The summed E-state index contributed by atoms with van der Waals surface area (Å²) in [6, 6.07) is 19.9. The highest BCUT2D eigenvalue weighted by molar-refractivity contribution is 5.88. The van der Waals surface area contributed by atoms with Crippen LogP contribution in [0.1, 0.15) is 47.1 Å². The first-order valence-corrected chi connectivity index (χ1v) is 9.79. The second kappa shape index (κ2) is 7.59. The van der Waals surface area contributed by atoms with Crippen LogP contribution in [0.15, 0.2) is 66.9 Å². The number of aromatic nitrogens is 1. The summed E-state index contributed by atoms with van der Waals surface area (Å²) in [5.74, 6) is -0.887. The van der Waals surface area contributed by atoms with Crippen molar-refractivity contribution < 1.29 is 9.90 Å². The number of benzene rings is 2. The number of rotatable bonds is 5. The van der Waals surface area contributed by atoms with E-state index in [1.165, 1.54) is 5.56 Å². The van der Waals surface area contributed by atoms with Gasteiger partial charge in [0.25, 0.3) is 0 Å². The standard InChI is InChI=1S/C24H25N3O2/c1-24(2)14-18-13-17(23(28)29)8-11-21(18)27-22(24)16-6-9-19(10-7-16)26-15-20-5-3-4-12-25-20/h3-13,22,26-27H,14-15H2,1-2H3,(H,28,29). The molecule has 148 valence electrons. The van der Waals surface area contributed by atoms with Gasteiger partial charge in [-0.15, -0.1) is 0 Å². The normalized spacial score (nSPS) is 17.1. The molecule has 0 aliphatic carbocycles. The van der Waals surface area contributed by atoms with E-state index in [2.05, 4.69) is 53.7 Å². The van der Waals surface area contributed by atoms with Gasteiger partial charge in [-0.3, -0.25) is 4.98 Å². The van der Waals surface area contributed by atoms with E-state index in [1.807, 2.05) is 24.3 Å². The molecule has 29 heavy (non-hydrogen) atoms. The van der Waals surface area contributed by atoms with Gasteiger partial charge in [-0.25, -0.2) is 4.79 Å². The predicted molar refractivity (Wildman–Crippen MR) is 115 cm³/mol. The highest BCUT2D eigenvalue weighted by Crippen LogP contribution is 2.45. The van der Waals surface area contributed by atoms with Gasteiger partial charge in [0, 0.05) is 17.6 Å². The third kappa shape index (κ3) is 4.09. The average molecular weight is 387 g/mol. The fourth-order valence-electron chi connectivity index (χ4n) is 3.98. The van der Waals surface area contributed by atoms with E-state index in [9.17, 15) is 9.90 Å². The number of aromatic carboxylic acids is 1. The average Bonchev–Trinajstić information content (AvgIpc) is 2.72. The molecular weight excluding hydrogens is 362 g/mol. The van der Waals surface area contributed by atoms with Crippen molar-refractivity contribution in [3.8, 4) is 0 Å². The molecular formula is C24H25N3O2. The van der Waals surface area contributed by atoms with E-state index in [-0.39, 0.29) is 11.5 Å². The highest BCUT2D eigenvalue weighted by atomic mass is 16.4. The highest BCUT2D eigenvalue weighted by Gasteiger charge is 2.36. The Morgan fingerprint density at radius 2 is 1.97 bits per heavy atom. The van der Waals surface area contributed by atoms with Crippen molar-refractivity contribution in [3.05, 3.63) is 89.2 Å². The minimum absolute atomic E-state index is 0.0486. The van der Waals surface area contributed by atoms with Crippen LogP contribution in [0.4, 0.5) is 11.4 Å². The Morgan fingerprint density at radius 1 is 1.17 bits per heavy atom. The van der Waals surface area contributed by atoms with Gasteiger partial charge in [0.15, 0.2) is 0 Å². The topological polar surface area (TPSA) is 74.2 Å². The van der Waals surface area contributed by atoms with Crippen LogP contribution < -0.4 is 10.6 Å². The summed E-state index contributed by atoms with van der Waals surface area (Å²) >= 11 is 0. The lowest BCUT2D eigenvalue weighted by molar-refractivity contribution is 0.0696. The van der Waals surface area contributed by atoms with Crippen LogP contribution in [-0.2, 0) is 13.0 Å². The molecule has 2 aromatic carbocycles. The van der Waals surface area contributed by atoms with Crippen molar-refractivity contribution in [1.29, 1.82) is 0 Å². The largest absolute Gasteiger partial charge is 0.478 e. The summed E-state index contributed by atoms with van der Waals surface area (Å²) < 4.78 is 0. The van der Waals surface area contributed by atoms with Crippen molar-refractivity contribution in [2.45, 2.75) is 32.9 Å². The van der Waals surface area contributed by atoms with Gasteiger partial charge in [0.1, 0.15) is 0 Å². The summed E-state index contributed by atoms with van der Waals surface area (Å²) in [6.45, 7) is 5.12. The van der Waals surface area contributed by atoms with Crippen molar-refractivity contribution in [2.75, 3.05) is 10.6 Å². The molecule has 5 heteroatoms. The van der Waals surface area contributed by atoms with Crippen molar-refractivity contribution in [2.24, 2.45) is 5.41 Å². The summed E-state index contributed by atoms with van der Waals surface area (Å²) in [6.07, 6.45) is 2.62. The molecule has 0 saturated carbocycles. The monoisotopic (exact) mass is 387 g/mol. The molecule has 2 heterocycles. The SMILES string of the molecule is CC1(C)Cc2cc(C(=O)O)ccc2NC1c1ccc(NCc2ccccn2)cc1. The number of carboxylic acids is 1. The lowest BCUT2D eigenvalue weighted by atomic mass is 9.72. The number of anilines is 2. The van der Waals surface area contributed by atoms with E-state index < -0.39 is 5.97 Å². The molecule has 0 radical (unpaired) electrons. The van der Waals surface area contributed by atoms with Crippen LogP contribution >= 0.6 is 0 Å². The second-order valence-corrected chi connectivity index (χ2v) is 8.22. The minimum Gasteiger partial charge on any atom is -0.478 e. The first-order valence-electron chi connectivity index (χ1n) is 9.79. The van der Waals surface area contributed by atoms with Gasteiger partial charge < -0.3 is 15.7 Å². The Bertz CT molecular complexity index is 1010. The molecule has 3 aromatic rings. The molecule has 1 atom stereocenters. The van der Waals surface area contributed by atoms with Crippen LogP contribution in [0.2, 0.25) is 0 Å². The number of carbonyl (C=O) groups is 1. The molecule has 3 N–H and O–H groups in total. The van der Waals surface area contributed by atoms with E-state index >= 15 is 0 Å². The van der Waals surface area contributed by atoms with Crippen molar-refractivity contribution in [1.82, 2.24) is 4.98 Å². The maximum Gasteiger partial charge on any atom is 0.335 e. The van der Waals surface area contributed by atoms with Gasteiger partial charge in [0.2, 0.25) is 0 Å². The first kappa shape index (κ1) is 19.0. The van der Waals surface area contributed by atoms with Gasteiger partial charge in [0.05, 0.1) is 23.8 Å². The zero-order valence-electron chi connectivity index (χ0n) is 16.6. The van der Waals surface area contributed by atoms with Crippen LogP contribution in [0.25, 0.3) is 0 Å². The summed E-state index contributed by atoms with van der Waals surface area (Å²) in [4.78, 5) is 15.6. The fraction of sp³-hybridized carbons (Fsp3) is 0.250. The van der Waals surface area contributed by atoms with E-state index in [4.69, 9.17) is 0 Å². The molecule has 1 aromatic heterocycles. The number of nitrogens with zero attached hydrogens (tertiary/aromatic N) is 1. The van der Waals surface area contributed by atoms with Gasteiger partial charge in [-0.1, -0.05) is 32.0 Å². The van der Waals surface area contributed by atoms with E-state index in [0.717, 1.165) is 29.1 Å². The van der Waals surface area contributed by atoms with Crippen LogP contribution in [0, 0.1) is 5.41 Å². The van der Waals surface area contributed by atoms with Gasteiger partial charge in [-0.2, -0.15) is 0 Å². The second-order valence-electron chi connectivity index (χ2n) is 8.22. The van der Waals surface area contributed by atoms with Gasteiger partial charge >= 0.3 is 5.97 Å². The Hall–Kier alpha value is -3.34. The Balaban J connectivity index is 1.51. The molecule has 1 aliphatic heterocycles. The van der Waals surface area contributed by atoms with E-state index in [1.54, 1.807) is 18.3 Å². The summed E-state index contributed by atoms with van der Waals surface area (Å²) in [5.41, 5.74) is 5.63. The molecule has 0 fully saturated rings. The Morgan fingerprint density at radius 3 is 2.66 bits per heavy atom. The van der Waals surface area contributed by atoms with Crippen LogP contribution in [0.3, 0.4) is 0 Å². The Kier molecular flexibility index (Phi) is 4.97. The number of carboxylic acid groups (broad SMARTS) is 1. The Labute approximate surface area is 170 Å². The molecule has 0 amide bonds. The molecule has 0 saturated heterocycles. The molecule has 0 bridgehead atoms. The third-order valence-electron chi connectivity index (χ3n) is 5.52. The van der Waals surface area contributed by atoms with Gasteiger partial charge in [-0.05, 0) is 65.4 Å². The number of hydrogen-bond donors (Lipinski definition) is 3. The maximum atomic E-state index is 11.3. The number of hydrogen-bond acceptors (Lipinski definition) is 4. The van der Waals surface area contributed by atoms with Crippen molar-refractivity contribution in [3.63, 3.8) is 0 Å². The smallest absolute Gasteiger partial charge is 0.335 e. The minimum atomic E-state index is -0.887. The third-order valence-corrected chi connectivity index (χ3v) is 5.52. The van der Waals surface area contributed by atoms with E-state index in [0.29, 0.717) is 12.1 Å². The zero-order chi connectivity index (χ0) is 20.4. The quantitative estimate of drug-likeness (QED) is 0.566. The lowest BCUT2D eigenvalue weighted by Crippen LogP contribution is -2.35. The summed E-state index contributed by atoms with van der Waals surface area (Å²) in [5, 5.41) is 16.3. The summed E-state index contributed by atoms with van der Waals surface area (Å²) in [7, 11) is 0. The molecule has 1 unspecified atom stereocenters. The van der Waals surface area contributed by atoms with Crippen LogP contribution in [0.5, 0.6) is 0 Å². The predicted octanol–water partition coefficient (Wildman–Crippen LogP) is 5.13. The number of pyridine rings is 1. The molecule has 5 nitrogen and oxygen atoms in total. The zero-order valence-corrected chi connectivity index (χ0v) is 16.6. The first-order chi connectivity index (χ1) is 13.9. The maximum absolute atomic E-state index is 11.3. The van der Waals surface area contributed by atoms with Crippen molar-refractivity contribution >= 4 is 17.3 Å².